The quantitative estimate of drug-likeness (QED) is 0.690. The van der Waals surface area contributed by atoms with Gasteiger partial charge in [0.2, 0.25) is 17.8 Å². The minimum atomic E-state index is 0.0396. The molecule has 1 atom stereocenters. The van der Waals surface area contributed by atoms with Crippen molar-refractivity contribution >= 4 is 34.6 Å². The number of hydrogen-bond acceptors (Lipinski definition) is 7. The molecule has 1 amide bonds. The molecule has 5 rings (SSSR count). The van der Waals surface area contributed by atoms with Gasteiger partial charge >= 0.3 is 0 Å². The maximum absolute atomic E-state index is 12.0. The number of benzene rings is 1. The summed E-state index contributed by atoms with van der Waals surface area (Å²) in [4.78, 5) is 16.2. The third-order valence-electron chi connectivity index (χ3n) is 5.51. The van der Waals surface area contributed by atoms with Crippen molar-refractivity contribution < 1.29 is 14.3 Å². The van der Waals surface area contributed by atoms with Crippen molar-refractivity contribution in [2.75, 3.05) is 18.2 Å². The third-order valence-corrected chi connectivity index (χ3v) is 6.82. The third kappa shape index (κ3) is 3.31. The first-order chi connectivity index (χ1) is 13.6. The molecule has 1 saturated heterocycles. The Morgan fingerprint density at radius 1 is 1.32 bits per heavy atom. The average Bonchev–Trinajstić information content (AvgIpc) is 3.05. The van der Waals surface area contributed by atoms with E-state index in [4.69, 9.17) is 26.8 Å². The topological polar surface area (TPSA) is 59.8 Å². The van der Waals surface area contributed by atoms with Crippen LogP contribution in [0.2, 0.25) is 0 Å². The number of carbonyl (C=O) groups excluding carboxylic acids is 1. The van der Waals surface area contributed by atoms with Gasteiger partial charge in [0.1, 0.15) is 0 Å². The molecule has 2 aliphatic heterocycles. The van der Waals surface area contributed by atoms with Gasteiger partial charge < -0.3 is 9.47 Å². The molecule has 2 aromatic rings. The van der Waals surface area contributed by atoms with Gasteiger partial charge in [-0.2, -0.15) is 0 Å². The smallest absolute Gasteiger partial charge is 0.231 e. The molecule has 1 unspecified atom stereocenters. The summed E-state index contributed by atoms with van der Waals surface area (Å²) in [7, 11) is 0. The van der Waals surface area contributed by atoms with Crippen LogP contribution in [0.3, 0.4) is 0 Å². The first-order valence-corrected chi connectivity index (χ1v) is 10.8. The number of ether oxygens (including phenoxy) is 2. The number of anilines is 1. The van der Waals surface area contributed by atoms with Crippen molar-refractivity contribution in [3.8, 4) is 11.5 Å². The number of rotatable bonds is 5. The van der Waals surface area contributed by atoms with Crippen LogP contribution >= 0.6 is 23.6 Å². The van der Waals surface area contributed by atoms with Gasteiger partial charge in [0.25, 0.3) is 0 Å². The summed E-state index contributed by atoms with van der Waals surface area (Å²) in [6.07, 6.45) is 4.31. The van der Waals surface area contributed by atoms with Crippen LogP contribution in [0.4, 0.5) is 5.13 Å². The average molecular weight is 419 g/mol. The van der Waals surface area contributed by atoms with E-state index in [1.165, 1.54) is 16.9 Å². The van der Waals surface area contributed by atoms with E-state index in [2.05, 4.69) is 17.0 Å². The Balaban J connectivity index is 1.37. The molecule has 0 bridgehead atoms. The van der Waals surface area contributed by atoms with Gasteiger partial charge in [-0.1, -0.05) is 17.4 Å². The molecule has 28 heavy (non-hydrogen) atoms. The fourth-order valence-corrected chi connectivity index (χ4v) is 5.23. The lowest BCUT2D eigenvalue weighted by molar-refractivity contribution is -0.116. The predicted octanol–water partition coefficient (Wildman–Crippen LogP) is 3.71. The van der Waals surface area contributed by atoms with Gasteiger partial charge in [0.05, 0.1) is 6.67 Å². The van der Waals surface area contributed by atoms with Crippen LogP contribution in [0.15, 0.2) is 18.2 Å². The first-order valence-electron chi connectivity index (χ1n) is 9.61. The lowest BCUT2D eigenvalue weighted by atomic mass is 10.0. The highest BCUT2D eigenvalue weighted by Crippen LogP contribution is 2.39. The number of likely N-dealkylation sites (tertiary alicyclic amines) is 1. The number of nitrogens with zero attached hydrogens (tertiary/aromatic N) is 4. The second-order valence-corrected chi connectivity index (χ2v) is 9.10. The Morgan fingerprint density at radius 3 is 2.93 bits per heavy atom. The highest BCUT2D eigenvalue weighted by atomic mass is 32.1. The summed E-state index contributed by atoms with van der Waals surface area (Å²) >= 11 is 6.98. The molecule has 3 aliphatic rings. The molecule has 7 nitrogen and oxygen atoms in total. The monoisotopic (exact) mass is 418 g/mol. The molecule has 1 saturated carbocycles. The Labute approximate surface area is 172 Å². The minimum Gasteiger partial charge on any atom is -0.454 e. The predicted molar refractivity (Wildman–Crippen MR) is 108 cm³/mol. The van der Waals surface area contributed by atoms with Crippen molar-refractivity contribution in [3.05, 3.63) is 27.7 Å². The van der Waals surface area contributed by atoms with Crippen LogP contribution in [0.5, 0.6) is 11.5 Å². The molecule has 2 fully saturated rings. The molecule has 1 aromatic carbocycles. The maximum Gasteiger partial charge on any atom is 0.231 e. The van der Waals surface area contributed by atoms with Crippen molar-refractivity contribution in [2.45, 2.75) is 51.4 Å². The molecular weight excluding hydrogens is 396 g/mol. The van der Waals surface area contributed by atoms with E-state index in [1.807, 2.05) is 10.7 Å². The highest BCUT2D eigenvalue weighted by molar-refractivity contribution is 7.73. The Bertz CT molecular complexity index is 968. The second kappa shape index (κ2) is 7.13. The highest BCUT2D eigenvalue weighted by Gasteiger charge is 2.34. The molecule has 0 spiro atoms. The van der Waals surface area contributed by atoms with E-state index in [1.54, 1.807) is 11.8 Å². The fraction of sp³-hybridized carbons (Fsp3) is 0.526. The molecular formula is C19H22N4O3S2. The second-order valence-electron chi connectivity index (χ2n) is 7.49. The number of amides is 1. The van der Waals surface area contributed by atoms with E-state index in [-0.39, 0.29) is 12.7 Å². The van der Waals surface area contributed by atoms with Gasteiger partial charge in [0.15, 0.2) is 15.5 Å². The molecule has 9 heteroatoms. The van der Waals surface area contributed by atoms with Crippen LogP contribution in [0.1, 0.15) is 44.2 Å². The van der Waals surface area contributed by atoms with Crippen molar-refractivity contribution in [1.82, 2.24) is 14.7 Å². The van der Waals surface area contributed by atoms with E-state index in [9.17, 15) is 4.79 Å². The number of aromatic nitrogens is 2. The standard InChI is InChI=1S/C19H22N4O3S2/c1-12(24)23(14-5-6-14)18-20-22(19(27)28-18)10-21-8-2-3-15(21)13-4-7-16-17(9-13)26-11-25-16/h4,7,9,14-15H,2-3,5-6,8,10-11H2,1H3. The molecule has 1 aromatic heterocycles. The van der Waals surface area contributed by atoms with E-state index in [0.29, 0.717) is 22.7 Å². The van der Waals surface area contributed by atoms with Crippen LogP contribution < -0.4 is 14.4 Å². The van der Waals surface area contributed by atoms with Crippen molar-refractivity contribution in [1.29, 1.82) is 0 Å². The minimum absolute atomic E-state index is 0.0396. The first kappa shape index (κ1) is 18.1. The Kier molecular flexibility index (Phi) is 4.60. The largest absolute Gasteiger partial charge is 0.454 e. The zero-order valence-electron chi connectivity index (χ0n) is 15.7. The van der Waals surface area contributed by atoms with Crippen molar-refractivity contribution in [2.24, 2.45) is 0 Å². The summed E-state index contributed by atoms with van der Waals surface area (Å²) in [5, 5.41) is 5.41. The summed E-state index contributed by atoms with van der Waals surface area (Å²) in [5.74, 6) is 1.67. The van der Waals surface area contributed by atoms with Gasteiger partial charge in [-0.15, -0.1) is 5.10 Å². The molecule has 148 valence electrons. The summed E-state index contributed by atoms with van der Waals surface area (Å²) in [6, 6.07) is 6.78. The Hall–Kier alpha value is -1.97. The summed E-state index contributed by atoms with van der Waals surface area (Å²) in [6.45, 7) is 3.51. The number of fused-ring (bicyclic) bond motifs is 1. The fourth-order valence-electron chi connectivity index (χ4n) is 4.03. The SMILES string of the molecule is CC(=O)N(c1nn(CN2CCCC2c2ccc3c(c2)OCO3)c(=S)s1)C1CC1. The Morgan fingerprint density at radius 2 is 2.14 bits per heavy atom. The van der Waals surface area contributed by atoms with E-state index < -0.39 is 0 Å². The van der Waals surface area contributed by atoms with Crippen LogP contribution in [0, 0.1) is 3.95 Å². The zero-order valence-corrected chi connectivity index (χ0v) is 17.3. The van der Waals surface area contributed by atoms with Crippen LogP contribution in [0.25, 0.3) is 0 Å². The van der Waals surface area contributed by atoms with Gasteiger partial charge in [-0.05, 0) is 55.6 Å². The molecule has 0 N–H and O–H groups in total. The van der Waals surface area contributed by atoms with Gasteiger partial charge in [0, 0.05) is 25.6 Å². The molecule has 1 aliphatic carbocycles. The molecule has 0 radical (unpaired) electrons. The summed E-state index contributed by atoms with van der Waals surface area (Å²) < 4.78 is 13.5. The number of carbonyl (C=O) groups is 1. The van der Waals surface area contributed by atoms with Gasteiger partial charge in [-0.25, -0.2) is 4.68 Å². The zero-order chi connectivity index (χ0) is 19.3. The maximum atomic E-state index is 12.0. The van der Waals surface area contributed by atoms with Crippen molar-refractivity contribution in [3.63, 3.8) is 0 Å². The lowest BCUT2D eigenvalue weighted by Gasteiger charge is -2.24. The van der Waals surface area contributed by atoms with Crippen LogP contribution in [-0.2, 0) is 11.5 Å². The number of hydrogen-bond donors (Lipinski definition) is 0. The van der Waals surface area contributed by atoms with E-state index in [0.717, 1.165) is 48.9 Å². The normalized spacial score (nSPS) is 21.2. The molecule has 3 heterocycles. The van der Waals surface area contributed by atoms with Crippen LogP contribution in [-0.4, -0.2) is 40.0 Å². The van der Waals surface area contributed by atoms with E-state index >= 15 is 0 Å². The summed E-state index contributed by atoms with van der Waals surface area (Å²) in [5.41, 5.74) is 1.23. The van der Waals surface area contributed by atoms with Gasteiger partial charge in [-0.3, -0.25) is 14.6 Å². The lowest BCUT2D eigenvalue weighted by Crippen LogP contribution is -2.31.